The molecule has 1 aromatic rings. The molecule has 10 nitrogen and oxygen atoms in total. The Morgan fingerprint density at radius 1 is 1.31 bits per heavy atom. The highest BCUT2D eigenvalue weighted by atomic mass is 32.2. The summed E-state index contributed by atoms with van der Waals surface area (Å²) in [5.41, 5.74) is -3.49. The third-order valence-electron chi connectivity index (χ3n) is 5.73. The van der Waals surface area contributed by atoms with Gasteiger partial charge in [-0.1, -0.05) is 0 Å². The van der Waals surface area contributed by atoms with Crippen molar-refractivity contribution in [2.75, 3.05) is 6.61 Å². The van der Waals surface area contributed by atoms with E-state index in [0.29, 0.717) is 0 Å². The number of nitro benzene ring substituents is 1. The van der Waals surface area contributed by atoms with E-state index in [-0.39, 0.29) is 29.4 Å². The minimum Gasteiger partial charge on any atom is -0.493 e. The Hall–Kier alpha value is -2.76. The van der Waals surface area contributed by atoms with E-state index in [0.717, 1.165) is 6.07 Å². The van der Waals surface area contributed by atoms with Crippen molar-refractivity contribution in [2.45, 2.75) is 68.9 Å². The van der Waals surface area contributed by atoms with Gasteiger partial charge in [0.1, 0.15) is 27.5 Å². The van der Waals surface area contributed by atoms with Crippen molar-refractivity contribution in [2.24, 2.45) is 4.99 Å². The van der Waals surface area contributed by atoms with Crippen LogP contribution in [0.2, 0.25) is 0 Å². The number of nitrogens with one attached hydrogen (secondary N) is 1. The number of hydrogen-bond donors (Lipinski definition) is 1. The zero-order chi connectivity index (χ0) is 24.3. The average Bonchev–Trinajstić information content (AvgIpc) is 2.74. The summed E-state index contributed by atoms with van der Waals surface area (Å²) in [7, 11) is -4.68. The van der Waals surface area contributed by atoms with Crippen LogP contribution in [0.15, 0.2) is 23.2 Å². The minimum atomic E-state index is -4.68. The van der Waals surface area contributed by atoms with Gasteiger partial charge in [0.2, 0.25) is 5.00 Å². The predicted molar refractivity (Wildman–Crippen MR) is 114 cm³/mol. The molecule has 0 radical (unpaired) electrons. The highest BCUT2D eigenvalue weighted by molar-refractivity contribution is 7.94. The summed E-state index contributed by atoms with van der Waals surface area (Å²) in [4.78, 5) is 27.4. The summed E-state index contributed by atoms with van der Waals surface area (Å²) in [6, 6.07) is 3.52. The second-order valence-electron chi connectivity index (χ2n) is 9.44. The van der Waals surface area contributed by atoms with Gasteiger partial charge >= 0.3 is 6.09 Å². The summed E-state index contributed by atoms with van der Waals surface area (Å²) in [6.07, 6.45) is -1.51. The lowest BCUT2D eigenvalue weighted by atomic mass is 9.84. The first-order chi connectivity index (χ1) is 14.5. The molecule has 1 N–H and O–H groups in total. The van der Waals surface area contributed by atoms with Crippen molar-refractivity contribution < 1.29 is 32.0 Å². The molecule has 0 saturated carbocycles. The van der Waals surface area contributed by atoms with E-state index in [1.54, 1.807) is 20.8 Å². The number of nitrogens with zero attached hydrogens (tertiary/aromatic N) is 2. The Bertz CT molecular complexity index is 1130. The Morgan fingerprint density at radius 3 is 2.50 bits per heavy atom. The van der Waals surface area contributed by atoms with Crippen LogP contribution in [0, 0.1) is 10.1 Å². The van der Waals surface area contributed by atoms with Crippen molar-refractivity contribution in [1.82, 2.24) is 5.32 Å². The first-order valence-corrected chi connectivity index (χ1v) is 11.4. The number of nitro groups is 1. The molecular formula is C20H26FN3O7S. The number of amides is 1. The lowest BCUT2D eigenvalue weighted by Gasteiger charge is -2.47. The molecule has 0 bridgehead atoms. The molecule has 0 spiro atoms. The molecule has 0 saturated heterocycles. The monoisotopic (exact) mass is 471 g/mol. The molecule has 2 heterocycles. The zero-order valence-corrected chi connectivity index (χ0v) is 19.5. The van der Waals surface area contributed by atoms with E-state index < -0.39 is 48.2 Å². The molecular weight excluding hydrogens is 445 g/mol. The number of ether oxygens (including phenoxy) is 2. The van der Waals surface area contributed by atoms with E-state index in [1.807, 2.05) is 0 Å². The second-order valence-corrected chi connectivity index (χ2v) is 12.1. The van der Waals surface area contributed by atoms with E-state index in [4.69, 9.17) is 9.47 Å². The van der Waals surface area contributed by atoms with Crippen LogP contribution in [0.3, 0.4) is 0 Å². The Morgan fingerprint density at radius 2 is 1.94 bits per heavy atom. The van der Waals surface area contributed by atoms with Gasteiger partial charge < -0.3 is 9.47 Å². The van der Waals surface area contributed by atoms with Crippen LogP contribution in [-0.2, 0) is 20.1 Å². The summed E-state index contributed by atoms with van der Waals surface area (Å²) in [5, 5.41) is 10.7. The first kappa shape index (κ1) is 23.9. The number of carbonyl (C=O) groups is 1. The van der Waals surface area contributed by atoms with Crippen LogP contribution in [0.25, 0.3) is 0 Å². The summed E-state index contributed by atoms with van der Waals surface area (Å²) in [5.74, 6) is -0.255. The lowest BCUT2D eigenvalue weighted by Crippen LogP contribution is -2.66. The number of fused-ring (bicyclic) bond motifs is 3. The van der Waals surface area contributed by atoms with Gasteiger partial charge in [0, 0.05) is 24.1 Å². The second kappa shape index (κ2) is 7.12. The maximum absolute atomic E-state index is 16.6. The third-order valence-corrected chi connectivity index (χ3v) is 8.72. The summed E-state index contributed by atoms with van der Waals surface area (Å²) in [6.45, 7) is 8.30. The van der Waals surface area contributed by atoms with Crippen molar-refractivity contribution in [3.63, 3.8) is 0 Å². The molecule has 0 aliphatic carbocycles. The van der Waals surface area contributed by atoms with Crippen LogP contribution in [0.4, 0.5) is 14.9 Å². The molecule has 2 aliphatic heterocycles. The molecule has 0 aromatic heterocycles. The van der Waals surface area contributed by atoms with Crippen molar-refractivity contribution in [3.8, 4) is 5.75 Å². The highest BCUT2D eigenvalue weighted by Gasteiger charge is 2.69. The fourth-order valence-corrected chi connectivity index (χ4v) is 6.07. The van der Waals surface area contributed by atoms with Crippen LogP contribution >= 0.6 is 0 Å². The van der Waals surface area contributed by atoms with Gasteiger partial charge in [-0.15, -0.1) is 0 Å². The molecule has 1 amide bonds. The number of aliphatic imine (C=N–C) groups is 1. The molecule has 0 fully saturated rings. The van der Waals surface area contributed by atoms with E-state index in [9.17, 15) is 23.3 Å². The molecule has 3 rings (SSSR count). The maximum Gasteiger partial charge on any atom is 0.413 e. The van der Waals surface area contributed by atoms with Crippen LogP contribution < -0.4 is 10.1 Å². The minimum absolute atomic E-state index is 0.0768. The smallest absolute Gasteiger partial charge is 0.413 e. The van der Waals surface area contributed by atoms with Gasteiger partial charge in [0.05, 0.1) is 11.5 Å². The molecule has 2 atom stereocenters. The molecule has 1 unspecified atom stereocenters. The number of amidine groups is 1. The number of rotatable bonds is 1. The van der Waals surface area contributed by atoms with E-state index in [2.05, 4.69) is 10.3 Å². The zero-order valence-electron chi connectivity index (χ0n) is 18.7. The molecule has 2 aliphatic rings. The fraction of sp³-hybridized carbons (Fsp3) is 0.600. The molecule has 32 heavy (non-hydrogen) atoms. The van der Waals surface area contributed by atoms with Crippen LogP contribution in [-0.4, -0.2) is 47.2 Å². The SMILES string of the molecule is CC(C)(C)OC(=O)NC1=N[C@]2(C)c3cc([N+](=O)[O-])ccc3OCCC2(F)S(=O)(=O)C1(C)C. The number of alkyl halides is 1. The lowest BCUT2D eigenvalue weighted by molar-refractivity contribution is -0.385. The van der Waals surface area contributed by atoms with Gasteiger partial charge in [-0.3, -0.25) is 20.4 Å². The average molecular weight is 472 g/mol. The normalized spacial score (nSPS) is 28.2. The Labute approximate surface area is 185 Å². The summed E-state index contributed by atoms with van der Waals surface area (Å²) < 4.78 is 52.7. The Balaban J connectivity index is 2.29. The number of halogens is 1. The maximum atomic E-state index is 16.6. The van der Waals surface area contributed by atoms with Crippen molar-refractivity contribution >= 4 is 27.5 Å². The Kier molecular flexibility index (Phi) is 5.32. The van der Waals surface area contributed by atoms with Crippen LogP contribution in [0.1, 0.15) is 53.5 Å². The van der Waals surface area contributed by atoms with Gasteiger partial charge in [-0.05, 0) is 47.6 Å². The molecule has 12 heteroatoms. The van der Waals surface area contributed by atoms with Gasteiger partial charge in [-0.25, -0.2) is 17.6 Å². The number of alkyl carbamates (subject to hydrolysis) is 1. The molecule has 1 aromatic carbocycles. The highest BCUT2D eigenvalue weighted by Crippen LogP contribution is 2.56. The van der Waals surface area contributed by atoms with Crippen molar-refractivity contribution in [3.05, 3.63) is 33.9 Å². The van der Waals surface area contributed by atoms with E-state index in [1.165, 1.54) is 32.9 Å². The van der Waals surface area contributed by atoms with Gasteiger partial charge in [-0.2, -0.15) is 0 Å². The standard InChI is InChI=1S/C20H26FN3O7S/c1-17(2,3)31-16(25)22-15-18(4,5)32(28,29)20(21)9-10-30-14-8-7-12(24(26)27)11-13(14)19(20,6)23-15/h7-8,11H,9-10H2,1-6H3,(H,22,23,25)/t19-,20?/m1/s1. The number of benzene rings is 1. The first-order valence-electron chi connectivity index (χ1n) is 9.91. The largest absolute Gasteiger partial charge is 0.493 e. The number of carbonyl (C=O) groups excluding carboxylic acids is 1. The van der Waals surface area contributed by atoms with Gasteiger partial charge in [0.15, 0.2) is 9.84 Å². The van der Waals surface area contributed by atoms with Crippen molar-refractivity contribution in [1.29, 1.82) is 0 Å². The quantitative estimate of drug-likeness (QED) is 0.489. The van der Waals surface area contributed by atoms with E-state index >= 15 is 4.39 Å². The fourth-order valence-electron chi connectivity index (χ4n) is 3.88. The van der Waals surface area contributed by atoms with Gasteiger partial charge in [0.25, 0.3) is 5.69 Å². The predicted octanol–water partition coefficient (Wildman–Crippen LogP) is 3.39. The summed E-state index contributed by atoms with van der Waals surface area (Å²) >= 11 is 0. The third kappa shape index (κ3) is 3.40. The number of hydrogen-bond acceptors (Lipinski definition) is 8. The number of non-ortho nitro benzene ring substituents is 1. The topological polar surface area (TPSA) is 137 Å². The molecule has 176 valence electrons. The number of sulfone groups is 1. The van der Waals surface area contributed by atoms with Crippen LogP contribution in [0.5, 0.6) is 5.75 Å².